The Balaban J connectivity index is 2.14. The Kier molecular flexibility index (Phi) is 4.03. The number of halogens is 4. The molecule has 1 heterocycles. The summed E-state index contributed by atoms with van der Waals surface area (Å²) in [7, 11) is 0. The minimum absolute atomic E-state index is 0.196. The van der Waals surface area contributed by atoms with Crippen LogP contribution in [0.1, 0.15) is 18.4 Å². The molecular formula is C12H10BrF3N2O2. The van der Waals surface area contributed by atoms with Crippen LogP contribution in [-0.4, -0.2) is 17.9 Å². The topological polar surface area (TPSA) is 58.2 Å². The molecule has 1 unspecified atom stereocenters. The molecule has 2 rings (SSSR count). The Morgan fingerprint density at radius 1 is 1.30 bits per heavy atom. The van der Waals surface area contributed by atoms with Gasteiger partial charge in [-0.05, 0) is 40.5 Å². The van der Waals surface area contributed by atoms with E-state index in [1.54, 1.807) is 0 Å². The number of imide groups is 1. The van der Waals surface area contributed by atoms with E-state index in [1.165, 1.54) is 6.07 Å². The Labute approximate surface area is 120 Å². The number of nitrogens with one attached hydrogen (secondary N) is 2. The van der Waals surface area contributed by atoms with Gasteiger partial charge in [0.1, 0.15) is 6.04 Å². The Bertz CT molecular complexity index is 560. The molecule has 0 spiro atoms. The zero-order valence-electron chi connectivity index (χ0n) is 10.1. The van der Waals surface area contributed by atoms with E-state index in [9.17, 15) is 22.8 Å². The van der Waals surface area contributed by atoms with Gasteiger partial charge in [0.2, 0.25) is 11.8 Å². The number of amides is 2. The van der Waals surface area contributed by atoms with Gasteiger partial charge in [0.15, 0.2) is 0 Å². The van der Waals surface area contributed by atoms with Crippen LogP contribution in [0.4, 0.5) is 18.9 Å². The molecule has 0 aliphatic carbocycles. The number of alkyl halides is 3. The fourth-order valence-corrected chi connectivity index (χ4v) is 2.32. The molecule has 2 N–H and O–H groups in total. The lowest BCUT2D eigenvalue weighted by atomic mass is 10.1. The molecule has 1 aliphatic rings. The van der Waals surface area contributed by atoms with Crippen molar-refractivity contribution < 1.29 is 22.8 Å². The predicted molar refractivity (Wildman–Crippen MR) is 68.9 cm³/mol. The van der Waals surface area contributed by atoms with Crippen molar-refractivity contribution in [3.8, 4) is 0 Å². The highest BCUT2D eigenvalue weighted by atomic mass is 79.9. The standard InChI is InChI=1S/C12H10BrF3N2O2/c13-7-5-6(12(14,15)16)1-2-8(7)17-9-3-4-10(19)18-11(9)20/h1-2,5,9,17H,3-4H2,(H,18,19,20). The van der Waals surface area contributed by atoms with E-state index in [-0.39, 0.29) is 16.8 Å². The van der Waals surface area contributed by atoms with Gasteiger partial charge >= 0.3 is 6.18 Å². The van der Waals surface area contributed by atoms with Gasteiger partial charge in [0.25, 0.3) is 0 Å². The lowest BCUT2D eigenvalue weighted by Crippen LogP contribution is -2.47. The Morgan fingerprint density at radius 2 is 2.00 bits per heavy atom. The highest BCUT2D eigenvalue weighted by Gasteiger charge is 2.31. The summed E-state index contributed by atoms with van der Waals surface area (Å²) < 4.78 is 37.8. The summed E-state index contributed by atoms with van der Waals surface area (Å²) in [5.74, 6) is -0.826. The fourth-order valence-electron chi connectivity index (χ4n) is 1.83. The molecule has 1 atom stereocenters. The van der Waals surface area contributed by atoms with Crippen LogP contribution in [0.15, 0.2) is 22.7 Å². The second kappa shape index (κ2) is 5.43. The predicted octanol–water partition coefficient (Wildman–Crippen LogP) is 2.68. The molecule has 1 aromatic rings. The maximum Gasteiger partial charge on any atom is 0.416 e. The third kappa shape index (κ3) is 3.30. The number of piperidine rings is 1. The van der Waals surface area contributed by atoms with Gasteiger partial charge in [-0.15, -0.1) is 0 Å². The molecule has 4 nitrogen and oxygen atoms in total. The Hall–Kier alpha value is -1.57. The molecule has 0 radical (unpaired) electrons. The summed E-state index contributed by atoms with van der Waals surface area (Å²) in [4.78, 5) is 22.6. The van der Waals surface area contributed by atoms with Crippen molar-refractivity contribution in [1.29, 1.82) is 0 Å². The molecule has 2 amide bonds. The average Bonchev–Trinajstić information content (AvgIpc) is 2.33. The van der Waals surface area contributed by atoms with E-state index < -0.39 is 23.7 Å². The van der Waals surface area contributed by atoms with Crippen molar-refractivity contribution in [3.05, 3.63) is 28.2 Å². The maximum absolute atomic E-state index is 12.5. The molecule has 0 bridgehead atoms. The fraction of sp³-hybridized carbons (Fsp3) is 0.333. The number of hydrogen-bond donors (Lipinski definition) is 2. The average molecular weight is 351 g/mol. The molecule has 108 valence electrons. The lowest BCUT2D eigenvalue weighted by molar-refractivity contribution is -0.138. The molecular weight excluding hydrogens is 341 g/mol. The van der Waals surface area contributed by atoms with E-state index in [2.05, 4.69) is 26.6 Å². The third-order valence-corrected chi connectivity index (χ3v) is 3.52. The molecule has 1 fully saturated rings. The zero-order valence-corrected chi connectivity index (χ0v) is 11.6. The molecule has 1 saturated heterocycles. The zero-order chi connectivity index (χ0) is 14.9. The first-order valence-corrected chi connectivity index (χ1v) is 6.53. The number of benzene rings is 1. The quantitative estimate of drug-likeness (QED) is 0.806. The normalized spacial score (nSPS) is 19.7. The largest absolute Gasteiger partial charge is 0.416 e. The van der Waals surface area contributed by atoms with Gasteiger partial charge in [0, 0.05) is 16.6 Å². The van der Waals surface area contributed by atoms with Gasteiger partial charge in [0.05, 0.1) is 5.56 Å². The van der Waals surface area contributed by atoms with Crippen LogP contribution in [0.2, 0.25) is 0 Å². The van der Waals surface area contributed by atoms with Crippen LogP contribution in [0.5, 0.6) is 0 Å². The van der Waals surface area contributed by atoms with Crippen LogP contribution in [0, 0.1) is 0 Å². The van der Waals surface area contributed by atoms with Gasteiger partial charge in [-0.3, -0.25) is 14.9 Å². The van der Waals surface area contributed by atoms with Crippen LogP contribution < -0.4 is 10.6 Å². The van der Waals surface area contributed by atoms with E-state index >= 15 is 0 Å². The van der Waals surface area contributed by atoms with Crippen molar-refractivity contribution in [2.45, 2.75) is 25.1 Å². The lowest BCUT2D eigenvalue weighted by Gasteiger charge is -2.23. The Morgan fingerprint density at radius 3 is 2.55 bits per heavy atom. The number of carbonyl (C=O) groups excluding carboxylic acids is 2. The monoisotopic (exact) mass is 350 g/mol. The molecule has 8 heteroatoms. The minimum Gasteiger partial charge on any atom is -0.373 e. The van der Waals surface area contributed by atoms with Crippen molar-refractivity contribution >= 4 is 33.4 Å². The third-order valence-electron chi connectivity index (χ3n) is 2.87. The second-order valence-corrected chi connectivity index (χ2v) is 5.19. The van der Waals surface area contributed by atoms with Crippen LogP contribution in [0.25, 0.3) is 0 Å². The summed E-state index contributed by atoms with van der Waals surface area (Å²) >= 11 is 3.04. The molecule has 1 aromatic carbocycles. The van der Waals surface area contributed by atoms with E-state index in [4.69, 9.17) is 0 Å². The van der Waals surface area contributed by atoms with Crippen LogP contribution in [0.3, 0.4) is 0 Å². The second-order valence-electron chi connectivity index (χ2n) is 4.34. The van der Waals surface area contributed by atoms with Crippen molar-refractivity contribution in [2.24, 2.45) is 0 Å². The number of rotatable bonds is 2. The van der Waals surface area contributed by atoms with Gasteiger partial charge in [-0.25, -0.2) is 0 Å². The first-order valence-electron chi connectivity index (χ1n) is 5.74. The van der Waals surface area contributed by atoms with Crippen molar-refractivity contribution in [1.82, 2.24) is 5.32 Å². The smallest absolute Gasteiger partial charge is 0.373 e. The minimum atomic E-state index is -4.42. The number of hydrogen-bond acceptors (Lipinski definition) is 3. The van der Waals surface area contributed by atoms with Gasteiger partial charge in [-0.1, -0.05) is 0 Å². The molecule has 0 aromatic heterocycles. The van der Waals surface area contributed by atoms with Crippen LogP contribution in [-0.2, 0) is 15.8 Å². The van der Waals surface area contributed by atoms with Crippen molar-refractivity contribution in [3.63, 3.8) is 0 Å². The summed E-state index contributed by atoms with van der Waals surface area (Å²) in [5.41, 5.74) is -0.411. The summed E-state index contributed by atoms with van der Waals surface area (Å²) in [6.07, 6.45) is -3.92. The number of anilines is 1. The first-order chi connectivity index (χ1) is 9.27. The number of carbonyl (C=O) groups is 2. The van der Waals surface area contributed by atoms with E-state index in [0.717, 1.165) is 12.1 Å². The first kappa shape index (κ1) is 14.8. The van der Waals surface area contributed by atoms with E-state index in [0.29, 0.717) is 12.1 Å². The maximum atomic E-state index is 12.5. The summed E-state index contributed by atoms with van der Waals surface area (Å²) in [6, 6.07) is 2.48. The van der Waals surface area contributed by atoms with E-state index in [1.807, 2.05) is 0 Å². The molecule has 20 heavy (non-hydrogen) atoms. The van der Waals surface area contributed by atoms with Gasteiger partial charge < -0.3 is 5.32 Å². The SMILES string of the molecule is O=C1CCC(Nc2ccc(C(F)(F)F)cc2Br)C(=O)N1. The molecule has 0 saturated carbocycles. The summed E-state index contributed by atoms with van der Waals surface area (Å²) in [5, 5.41) is 4.99. The molecule has 1 aliphatic heterocycles. The van der Waals surface area contributed by atoms with Gasteiger partial charge in [-0.2, -0.15) is 13.2 Å². The van der Waals surface area contributed by atoms with Crippen LogP contribution >= 0.6 is 15.9 Å². The highest BCUT2D eigenvalue weighted by molar-refractivity contribution is 9.10. The van der Waals surface area contributed by atoms with Crippen molar-refractivity contribution in [2.75, 3.05) is 5.32 Å². The summed E-state index contributed by atoms with van der Waals surface area (Å²) in [6.45, 7) is 0. The highest BCUT2D eigenvalue weighted by Crippen LogP contribution is 2.34.